The van der Waals surface area contributed by atoms with Crippen molar-refractivity contribution in [1.29, 1.82) is 0 Å². The molecule has 1 saturated heterocycles. The average Bonchev–Trinajstić information content (AvgIpc) is 2.84. The number of rotatable bonds is 5. The van der Waals surface area contributed by atoms with Crippen molar-refractivity contribution in [2.24, 2.45) is 0 Å². The Kier molecular flexibility index (Phi) is 5.22. The molecule has 0 amide bonds. The zero-order chi connectivity index (χ0) is 13.0. The molecule has 2 nitrogen and oxygen atoms in total. The standard InChI is InChI=1S/C15H23BrN2/c1-12(2)18(11-15-4-3-9-17-15)10-13-5-7-14(16)8-6-13/h5-8,12,15,17H,3-4,9-11H2,1-2H3. The van der Waals surface area contributed by atoms with E-state index >= 15 is 0 Å². The van der Waals surface area contributed by atoms with Crippen LogP contribution in [0.3, 0.4) is 0 Å². The number of hydrogen-bond donors (Lipinski definition) is 1. The highest BCUT2D eigenvalue weighted by Crippen LogP contribution is 2.15. The maximum absolute atomic E-state index is 3.59. The van der Waals surface area contributed by atoms with Gasteiger partial charge in [-0.05, 0) is 50.9 Å². The maximum atomic E-state index is 3.59. The van der Waals surface area contributed by atoms with E-state index in [4.69, 9.17) is 0 Å². The average molecular weight is 311 g/mol. The van der Waals surface area contributed by atoms with Crippen LogP contribution >= 0.6 is 15.9 Å². The largest absolute Gasteiger partial charge is 0.313 e. The zero-order valence-electron chi connectivity index (χ0n) is 11.3. The highest BCUT2D eigenvalue weighted by Gasteiger charge is 2.19. The highest BCUT2D eigenvalue weighted by molar-refractivity contribution is 9.10. The molecule has 1 N–H and O–H groups in total. The van der Waals surface area contributed by atoms with Gasteiger partial charge < -0.3 is 5.32 Å². The SMILES string of the molecule is CC(C)N(Cc1ccc(Br)cc1)CC1CCCN1. The van der Waals surface area contributed by atoms with Crippen LogP contribution in [0.2, 0.25) is 0 Å². The van der Waals surface area contributed by atoms with Gasteiger partial charge in [0.25, 0.3) is 0 Å². The van der Waals surface area contributed by atoms with E-state index in [-0.39, 0.29) is 0 Å². The Morgan fingerprint density at radius 3 is 2.61 bits per heavy atom. The summed E-state index contributed by atoms with van der Waals surface area (Å²) in [6.45, 7) is 7.97. The first-order valence-corrected chi connectivity index (χ1v) is 7.66. The molecule has 3 heteroatoms. The van der Waals surface area contributed by atoms with Gasteiger partial charge in [0.2, 0.25) is 0 Å². The highest BCUT2D eigenvalue weighted by atomic mass is 79.9. The fraction of sp³-hybridized carbons (Fsp3) is 0.600. The molecule has 1 atom stereocenters. The Balaban J connectivity index is 1.94. The van der Waals surface area contributed by atoms with Crippen LogP contribution in [0, 0.1) is 0 Å². The first kappa shape index (κ1) is 14.0. The van der Waals surface area contributed by atoms with Crippen molar-refractivity contribution in [3.8, 4) is 0 Å². The fourth-order valence-corrected chi connectivity index (χ4v) is 2.74. The molecule has 0 aliphatic carbocycles. The zero-order valence-corrected chi connectivity index (χ0v) is 12.9. The molecular formula is C15H23BrN2. The van der Waals surface area contributed by atoms with Crippen LogP contribution in [0.25, 0.3) is 0 Å². The van der Waals surface area contributed by atoms with Gasteiger partial charge in [0.05, 0.1) is 0 Å². The van der Waals surface area contributed by atoms with Crippen molar-refractivity contribution < 1.29 is 0 Å². The smallest absolute Gasteiger partial charge is 0.0237 e. The lowest BCUT2D eigenvalue weighted by molar-refractivity contribution is 0.194. The molecule has 1 aromatic carbocycles. The van der Waals surface area contributed by atoms with Crippen molar-refractivity contribution in [3.63, 3.8) is 0 Å². The molecule has 100 valence electrons. The van der Waals surface area contributed by atoms with Gasteiger partial charge in [0.15, 0.2) is 0 Å². The van der Waals surface area contributed by atoms with Gasteiger partial charge in [-0.1, -0.05) is 28.1 Å². The minimum Gasteiger partial charge on any atom is -0.313 e. The number of nitrogens with one attached hydrogen (secondary N) is 1. The van der Waals surface area contributed by atoms with Crippen molar-refractivity contribution in [2.75, 3.05) is 13.1 Å². The minimum absolute atomic E-state index is 0.594. The summed E-state index contributed by atoms with van der Waals surface area (Å²) in [5, 5.41) is 3.59. The van der Waals surface area contributed by atoms with Crippen molar-refractivity contribution >= 4 is 15.9 Å². The molecule has 1 heterocycles. The molecule has 1 aromatic rings. The number of benzene rings is 1. The first-order chi connectivity index (χ1) is 8.65. The molecule has 2 rings (SSSR count). The quantitative estimate of drug-likeness (QED) is 0.896. The first-order valence-electron chi connectivity index (χ1n) is 6.87. The Hall–Kier alpha value is -0.380. The molecule has 1 aliphatic heterocycles. The number of nitrogens with zero attached hydrogens (tertiary/aromatic N) is 1. The van der Waals surface area contributed by atoms with Gasteiger partial charge in [-0.2, -0.15) is 0 Å². The van der Waals surface area contributed by atoms with Crippen molar-refractivity contribution in [2.45, 2.75) is 45.3 Å². The van der Waals surface area contributed by atoms with Gasteiger partial charge in [0, 0.05) is 29.6 Å². The van der Waals surface area contributed by atoms with E-state index in [1.165, 1.54) is 24.9 Å². The Morgan fingerprint density at radius 2 is 2.06 bits per heavy atom. The van der Waals surface area contributed by atoms with Crippen molar-refractivity contribution in [3.05, 3.63) is 34.3 Å². The normalized spacial score (nSPS) is 19.9. The third kappa shape index (κ3) is 4.08. The van der Waals surface area contributed by atoms with Crippen LogP contribution in [0.5, 0.6) is 0 Å². The molecule has 18 heavy (non-hydrogen) atoms. The van der Waals surface area contributed by atoms with Crippen LogP contribution in [-0.4, -0.2) is 30.1 Å². The molecule has 1 fully saturated rings. The summed E-state index contributed by atoms with van der Waals surface area (Å²) >= 11 is 3.49. The molecular weight excluding hydrogens is 288 g/mol. The lowest BCUT2D eigenvalue weighted by Gasteiger charge is -2.29. The van der Waals surface area contributed by atoms with Crippen LogP contribution in [0.4, 0.5) is 0 Å². The van der Waals surface area contributed by atoms with E-state index in [1.54, 1.807) is 0 Å². The third-order valence-electron chi connectivity index (χ3n) is 3.65. The molecule has 1 unspecified atom stereocenters. The second-order valence-electron chi connectivity index (χ2n) is 5.44. The van der Waals surface area contributed by atoms with Gasteiger partial charge >= 0.3 is 0 Å². The summed E-state index contributed by atoms with van der Waals surface area (Å²) in [5.41, 5.74) is 1.39. The summed E-state index contributed by atoms with van der Waals surface area (Å²) in [7, 11) is 0. The van der Waals surface area contributed by atoms with Gasteiger partial charge in [-0.15, -0.1) is 0 Å². The fourth-order valence-electron chi connectivity index (χ4n) is 2.48. The topological polar surface area (TPSA) is 15.3 Å². The van der Waals surface area contributed by atoms with Gasteiger partial charge in [-0.3, -0.25) is 4.90 Å². The van der Waals surface area contributed by atoms with Gasteiger partial charge in [-0.25, -0.2) is 0 Å². The Labute approximate surface area is 119 Å². The predicted octanol–water partition coefficient (Wildman–Crippen LogP) is 3.41. The molecule has 0 saturated carbocycles. The summed E-state index contributed by atoms with van der Waals surface area (Å²) in [6, 6.07) is 9.95. The lowest BCUT2D eigenvalue weighted by atomic mass is 10.1. The monoisotopic (exact) mass is 310 g/mol. The third-order valence-corrected chi connectivity index (χ3v) is 4.18. The summed E-state index contributed by atoms with van der Waals surface area (Å²) < 4.78 is 1.15. The second-order valence-corrected chi connectivity index (χ2v) is 6.36. The number of hydrogen-bond acceptors (Lipinski definition) is 2. The predicted molar refractivity (Wildman–Crippen MR) is 80.7 cm³/mol. The number of halogens is 1. The van der Waals surface area contributed by atoms with E-state index in [2.05, 4.69) is 64.3 Å². The minimum atomic E-state index is 0.594. The second kappa shape index (κ2) is 6.69. The summed E-state index contributed by atoms with van der Waals surface area (Å²) in [4.78, 5) is 2.56. The maximum Gasteiger partial charge on any atom is 0.0237 e. The lowest BCUT2D eigenvalue weighted by Crippen LogP contribution is -2.40. The molecule has 0 aromatic heterocycles. The Bertz CT molecular complexity index is 355. The van der Waals surface area contributed by atoms with Gasteiger partial charge in [0.1, 0.15) is 0 Å². The van der Waals surface area contributed by atoms with Crippen LogP contribution in [-0.2, 0) is 6.54 Å². The van der Waals surface area contributed by atoms with Crippen molar-refractivity contribution in [1.82, 2.24) is 10.2 Å². The molecule has 0 bridgehead atoms. The van der Waals surface area contributed by atoms with Crippen LogP contribution < -0.4 is 5.32 Å². The Morgan fingerprint density at radius 1 is 1.33 bits per heavy atom. The van der Waals surface area contributed by atoms with E-state index in [9.17, 15) is 0 Å². The molecule has 0 radical (unpaired) electrons. The van der Waals surface area contributed by atoms with E-state index in [0.717, 1.165) is 17.6 Å². The summed E-state index contributed by atoms with van der Waals surface area (Å²) in [5.74, 6) is 0. The molecule has 1 aliphatic rings. The van der Waals surface area contributed by atoms with E-state index in [1.807, 2.05) is 0 Å². The van der Waals surface area contributed by atoms with Crippen LogP contribution in [0.15, 0.2) is 28.7 Å². The van der Waals surface area contributed by atoms with Crippen LogP contribution in [0.1, 0.15) is 32.3 Å². The van der Waals surface area contributed by atoms with E-state index in [0.29, 0.717) is 12.1 Å². The van der Waals surface area contributed by atoms with E-state index < -0.39 is 0 Å². The molecule has 0 spiro atoms. The summed E-state index contributed by atoms with van der Waals surface area (Å²) in [6.07, 6.45) is 2.65.